The summed E-state index contributed by atoms with van der Waals surface area (Å²) in [6, 6.07) is 0.614. The van der Waals surface area contributed by atoms with Gasteiger partial charge in [0, 0.05) is 31.0 Å². The summed E-state index contributed by atoms with van der Waals surface area (Å²) in [5.41, 5.74) is 6.14. The van der Waals surface area contributed by atoms with Crippen molar-refractivity contribution in [1.29, 1.82) is 0 Å². The molecule has 2 amide bonds. The van der Waals surface area contributed by atoms with Crippen LogP contribution in [-0.2, 0) is 9.59 Å². The van der Waals surface area contributed by atoms with Crippen molar-refractivity contribution in [2.24, 2.45) is 23.5 Å². The van der Waals surface area contributed by atoms with Crippen LogP contribution in [0.2, 0.25) is 0 Å². The van der Waals surface area contributed by atoms with Crippen LogP contribution in [0.15, 0.2) is 0 Å². The fraction of sp³-hybridized carbons (Fsp3) is 0.895. The van der Waals surface area contributed by atoms with Crippen LogP contribution in [0.4, 0.5) is 0 Å². The summed E-state index contributed by atoms with van der Waals surface area (Å²) in [6.07, 6.45) is 11.7. The third-order valence-electron chi connectivity index (χ3n) is 6.33. The van der Waals surface area contributed by atoms with Gasteiger partial charge in [0.2, 0.25) is 11.8 Å². The Hall–Kier alpha value is -1.10. The fourth-order valence-corrected chi connectivity index (χ4v) is 5.09. The summed E-state index contributed by atoms with van der Waals surface area (Å²) in [5.74, 6) is 1.49. The van der Waals surface area contributed by atoms with E-state index < -0.39 is 0 Å². The molecule has 0 aromatic carbocycles. The van der Waals surface area contributed by atoms with Crippen LogP contribution in [0.5, 0.6) is 0 Å². The first-order valence-electron chi connectivity index (χ1n) is 9.96. The molecule has 0 aromatic heterocycles. The zero-order valence-corrected chi connectivity index (χ0v) is 14.8. The maximum absolute atomic E-state index is 12.3. The number of carbonyl (C=O) groups excluding carboxylic acids is 2. The SMILES string of the molecule is NC1CC2CCCC(C1)C2NC(=O)CCNC(=O)C1CCCCC1. The van der Waals surface area contributed by atoms with Gasteiger partial charge in [-0.05, 0) is 50.4 Å². The number of amides is 2. The molecule has 2 bridgehead atoms. The molecule has 3 fully saturated rings. The van der Waals surface area contributed by atoms with Crippen molar-refractivity contribution in [2.45, 2.75) is 82.7 Å². The van der Waals surface area contributed by atoms with Crippen molar-refractivity contribution in [1.82, 2.24) is 10.6 Å². The Morgan fingerprint density at radius 1 is 0.917 bits per heavy atom. The minimum absolute atomic E-state index is 0.0799. The van der Waals surface area contributed by atoms with Crippen molar-refractivity contribution in [2.75, 3.05) is 6.54 Å². The highest BCUT2D eigenvalue weighted by molar-refractivity contribution is 5.80. The van der Waals surface area contributed by atoms with Gasteiger partial charge in [-0.3, -0.25) is 9.59 Å². The maximum Gasteiger partial charge on any atom is 0.223 e. The first kappa shape index (κ1) is 17.7. The summed E-state index contributed by atoms with van der Waals surface area (Å²) in [4.78, 5) is 24.4. The van der Waals surface area contributed by atoms with Crippen molar-refractivity contribution >= 4 is 11.8 Å². The van der Waals surface area contributed by atoms with Crippen molar-refractivity contribution in [3.63, 3.8) is 0 Å². The van der Waals surface area contributed by atoms with Gasteiger partial charge in [-0.1, -0.05) is 25.7 Å². The lowest BCUT2D eigenvalue weighted by Crippen LogP contribution is -2.54. The number of carbonyl (C=O) groups is 2. The second-order valence-corrected chi connectivity index (χ2v) is 8.15. The van der Waals surface area contributed by atoms with Crippen LogP contribution in [0.25, 0.3) is 0 Å². The van der Waals surface area contributed by atoms with Crippen LogP contribution >= 0.6 is 0 Å². The van der Waals surface area contributed by atoms with E-state index in [0.717, 1.165) is 38.5 Å². The van der Waals surface area contributed by atoms with Gasteiger partial charge in [-0.15, -0.1) is 0 Å². The number of rotatable bonds is 5. The largest absolute Gasteiger partial charge is 0.355 e. The average molecular weight is 335 g/mol. The third kappa shape index (κ3) is 4.50. The number of nitrogens with two attached hydrogens (primary N) is 1. The number of hydrogen-bond acceptors (Lipinski definition) is 3. The molecule has 2 atom stereocenters. The zero-order chi connectivity index (χ0) is 16.9. The molecule has 3 aliphatic carbocycles. The van der Waals surface area contributed by atoms with Crippen LogP contribution < -0.4 is 16.4 Å². The molecule has 2 unspecified atom stereocenters. The Morgan fingerprint density at radius 3 is 2.25 bits per heavy atom. The quantitative estimate of drug-likeness (QED) is 0.719. The standard InChI is InChI=1S/C19H33N3O2/c20-16-11-14-7-4-8-15(12-16)18(14)22-17(23)9-10-21-19(24)13-5-2-1-3-6-13/h13-16,18H,1-12,20H2,(H,21,24)(H,22,23). The molecule has 0 heterocycles. The van der Waals surface area contributed by atoms with Crippen LogP contribution in [0.3, 0.4) is 0 Å². The molecule has 5 nitrogen and oxygen atoms in total. The van der Waals surface area contributed by atoms with E-state index in [1.807, 2.05) is 0 Å². The fourth-order valence-electron chi connectivity index (χ4n) is 5.09. The van der Waals surface area contributed by atoms with E-state index in [-0.39, 0.29) is 17.7 Å². The minimum atomic E-state index is 0.0799. The third-order valence-corrected chi connectivity index (χ3v) is 6.33. The normalized spacial score (nSPS) is 33.7. The molecule has 24 heavy (non-hydrogen) atoms. The van der Waals surface area contributed by atoms with E-state index in [9.17, 15) is 9.59 Å². The molecule has 0 aromatic rings. The summed E-state index contributed by atoms with van der Waals surface area (Å²) in [5, 5.41) is 6.21. The summed E-state index contributed by atoms with van der Waals surface area (Å²) < 4.78 is 0. The molecular formula is C19H33N3O2. The molecule has 0 spiro atoms. The second-order valence-electron chi connectivity index (χ2n) is 8.15. The van der Waals surface area contributed by atoms with Gasteiger partial charge in [0.1, 0.15) is 0 Å². The lowest BCUT2D eigenvalue weighted by atomic mass is 9.67. The van der Waals surface area contributed by atoms with Crippen LogP contribution in [-0.4, -0.2) is 30.4 Å². The smallest absolute Gasteiger partial charge is 0.223 e. The Kier molecular flexibility index (Phi) is 6.14. The summed E-state index contributed by atoms with van der Waals surface area (Å²) in [7, 11) is 0. The van der Waals surface area contributed by atoms with Gasteiger partial charge in [-0.2, -0.15) is 0 Å². The summed E-state index contributed by atoms with van der Waals surface area (Å²) >= 11 is 0. The number of hydrogen-bond donors (Lipinski definition) is 3. The zero-order valence-electron chi connectivity index (χ0n) is 14.8. The Bertz CT molecular complexity index is 434. The van der Waals surface area contributed by atoms with E-state index in [1.165, 1.54) is 25.7 Å². The van der Waals surface area contributed by atoms with Gasteiger partial charge in [0.15, 0.2) is 0 Å². The highest BCUT2D eigenvalue weighted by Crippen LogP contribution is 2.39. The Morgan fingerprint density at radius 2 is 1.58 bits per heavy atom. The van der Waals surface area contributed by atoms with E-state index in [2.05, 4.69) is 10.6 Å². The van der Waals surface area contributed by atoms with Gasteiger partial charge in [0.05, 0.1) is 0 Å². The molecular weight excluding hydrogens is 302 g/mol. The lowest BCUT2D eigenvalue weighted by molar-refractivity contribution is -0.126. The molecule has 136 valence electrons. The first-order valence-corrected chi connectivity index (χ1v) is 9.96. The van der Waals surface area contributed by atoms with Crippen molar-refractivity contribution in [3.05, 3.63) is 0 Å². The highest BCUT2D eigenvalue weighted by Gasteiger charge is 2.39. The molecule has 3 aliphatic rings. The van der Waals surface area contributed by atoms with Crippen LogP contribution in [0, 0.1) is 17.8 Å². The average Bonchev–Trinajstić information content (AvgIpc) is 2.56. The van der Waals surface area contributed by atoms with Gasteiger partial charge in [-0.25, -0.2) is 0 Å². The van der Waals surface area contributed by atoms with E-state index >= 15 is 0 Å². The Labute approximate surface area is 145 Å². The monoisotopic (exact) mass is 335 g/mol. The van der Waals surface area contributed by atoms with E-state index in [4.69, 9.17) is 5.73 Å². The van der Waals surface area contributed by atoms with Crippen molar-refractivity contribution in [3.8, 4) is 0 Å². The Balaban J connectivity index is 1.38. The molecule has 3 rings (SSSR count). The van der Waals surface area contributed by atoms with Gasteiger partial charge < -0.3 is 16.4 Å². The van der Waals surface area contributed by atoms with Gasteiger partial charge >= 0.3 is 0 Å². The molecule has 0 radical (unpaired) electrons. The molecule has 5 heteroatoms. The molecule has 4 N–H and O–H groups in total. The summed E-state index contributed by atoms with van der Waals surface area (Å²) in [6.45, 7) is 0.461. The van der Waals surface area contributed by atoms with E-state index in [1.54, 1.807) is 0 Å². The second kappa shape index (κ2) is 8.32. The highest BCUT2D eigenvalue weighted by atomic mass is 16.2. The molecule has 0 saturated heterocycles. The topological polar surface area (TPSA) is 84.2 Å². The molecule has 0 aliphatic heterocycles. The molecule has 3 saturated carbocycles. The van der Waals surface area contributed by atoms with Crippen LogP contribution in [0.1, 0.15) is 70.6 Å². The number of fused-ring (bicyclic) bond motifs is 2. The van der Waals surface area contributed by atoms with Gasteiger partial charge in [0.25, 0.3) is 0 Å². The predicted octanol–water partition coefficient (Wildman–Crippen LogP) is 2.10. The van der Waals surface area contributed by atoms with Crippen molar-refractivity contribution < 1.29 is 9.59 Å². The predicted molar refractivity (Wildman–Crippen MR) is 94.2 cm³/mol. The van der Waals surface area contributed by atoms with E-state index in [0.29, 0.717) is 36.9 Å². The minimum Gasteiger partial charge on any atom is -0.355 e. The number of nitrogens with one attached hydrogen (secondary N) is 2. The maximum atomic E-state index is 12.3. The first-order chi connectivity index (χ1) is 11.6. The lowest BCUT2D eigenvalue weighted by Gasteiger charge is -2.45.